The molecule has 49 heavy (non-hydrogen) atoms. The number of carboxylic acids is 1. The van der Waals surface area contributed by atoms with Gasteiger partial charge in [0, 0.05) is 41.4 Å². The molecule has 10 heteroatoms. The number of carboxylic acid groups (broad SMARTS) is 1. The van der Waals surface area contributed by atoms with E-state index >= 15 is 0 Å². The minimum absolute atomic E-state index is 0.0783. The fourth-order valence-corrected chi connectivity index (χ4v) is 6.76. The maximum Gasteiger partial charge on any atom is 0.327 e. The molecular weight excluding hydrogens is 635 g/mol. The van der Waals surface area contributed by atoms with Crippen molar-refractivity contribution >= 4 is 29.1 Å². The van der Waals surface area contributed by atoms with E-state index in [-0.39, 0.29) is 29.7 Å². The van der Waals surface area contributed by atoms with Gasteiger partial charge in [-0.25, -0.2) is 14.8 Å². The van der Waals surface area contributed by atoms with Gasteiger partial charge in [0.15, 0.2) is 5.82 Å². The summed E-state index contributed by atoms with van der Waals surface area (Å²) in [4.78, 5) is 52.0. The minimum atomic E-state index is -1.10. The number of thiophene rings is 1. The number of benzene rings is 2. The number of amides is 2. The Labute approximate surface area is 293 Å². The standard InChI is InChI=1S/C39H47N5O4S/c1-38(2,3)29-15-13-26(14-16-29)28-22-40-34(41-23-28)27-11-9-25(10-12-27)21-30(42-36(46)32-17-18-33(49-32)39(4,5)6)35(45)43-31(37(47)48)24-44-19-7-8-20-44/h9-18,22-23,30-31H,7-8,19-21,24H2,1-6H3,(H,42,46)(H,43,45)(H,47,48). The monoisotopic (exact) mass is 681 g/mol. The minimum Gasteiger partial charge on any atom is -0.480 e. The van der Waals surface area contributed by atoms with Crippen LogP contribution in [0.25, 0.3) is 22.5 Å². The van der Waals surface area contributed by atoms with Crippen molar-refractivity contribution in [2.24, 2.45) is 0 Å². The molecule has 1 aliphatic heterocycles. The molecule has 3 N–H and O–H groups in total. The van der Waals surface area contributed by atoms with E-state index in [9.17, 15) is 19.5 Å². The number of aromatic nitrogens is 2. The van der Waals surface area contributed by atoms with Crippen LogP contribution in [-0.2, 0) is 26.8 Å². The number of nitrogens with one attached hydrogen (secondary N) is 2. The second kappa shape index (κ2) is 15.0. The number of aliphatic carboxylic acids is 1. The Morgan fingerprint density at radius 1 is 0.776 bits per heavy atom. The molecule has 0 saturated carbocycles. The highest BCUT2D eigenvalue weighted by Crippen LogP contribution is 2.30. The third-order valence-electron chi connectivity index (χ3n) is 8.83. The summed E-state index contributed by atoms with van der Waals surface area (Å²) in [5.41, 5.74) is 4.81. The third-order valence-corrected chi connectivity index (χ3v) is 10.3. The van der Waals surface area contributed by atoms with Crippen molar-refractivity contribution in [1.29, 1.82) is 0 Å². The van der Waals surface area contributed by atoms with Gasteiger partial charge < -0.3 is 20.6 Å². The van der Waals surface area contributed by atoms with E-state index in [1.54, 1.807) is 6.07 Å². The topological polar surface area (TPSA) is 125 Å². The molecule has 1 saturated heterocycles. The lowest BCUT2D eigenvalue weighted by atomic mass is 9.86. The fraction of sp³-hybridized carbons (Fsp3) is 0.410. The van der Waals surface area contributed by atoms with E-state index in [0.29, 0.717) is 10.7 Å². The van der Waals surface area contributed by atoms with Gasteiger partial charge in [0.05, 0.1) is 4.88 Å². The van der Waals surface area contributed by atoms with Gasteiger partial charge in [-0.05, 0) is 65.6 Å². The van der Waals surface area contributed by atoms with Crippen molar-refractivity contribution in [3.8, 4) is 22.5 Å². The molecule has 0 radical (unpaired) electrons. The van der Waals surface area contributed by atoms with Gasteiger partial charge in [0.2, 0.25) is 5.91 Å². The molecule has 0 bridgehead atoms. The second-order valence-corrected chi connectivity index (χ2v) is 16.0. The average molecular weight is 682 g/mol. The number of carbonyl (C=O) groups is 3. The van der Waals surface area contributed by atoms with Gasteiger partial charge in [-0.15, -0.1) is 11.3 Å². The van der Waals surface area contributed by atoms with E-state index in [1.807, 2.05) is 47.6 Å². The first kappa shape index (κ1) is 35.9. The number of nitrogens with zero attached hydrogens (tertiary/aromatic N) is 3. The summed E-state index contributed by atoms with van der Waals surface area (Å²) in [7, 11) is 0. The van der Waals surface area contributed by atoms with E-state index in [4.69, 9.17) is 0 Å². The molecule has 2 aromatic heterocycles. The molecule has 1 aliphatic rings. The van der Waals surface area contributed by atoms with Gasteiger partial charge in [0.1, 0.15) is 12.1 Å². The van der Waals surface area contributed by atoms with E-state index in [0.717, 1.165) is 53.1 Å². The number of likely N-dealkylation sites (tertiary alicyclic amines) is 1. The number of carbonyl (C=O) groups excluding carboxylic acids is 2. The number of rotatable bonds is 11. The van der Waals surface area contributed by atoms with Crippen LogP contribution < -0.4 is 10.6 Å². The largest absolute Gasteiger partial charge is 0.480 e. The van der Waals surface area contributed by atoms with Crippen molar-refractivity contribution in [1.82, 2.24) is 25.5 Å². The lowest BCUT2D eigenvalue weighted by Crippen LogP contribution is -2.55. The maximum atomic E-state index is 13.6. The lowest BCUT2D eigenvalue weighted by molar-refractivity contribution is -0.142. The van der Waals surface area contributed by atoms with Crippen molar-refractivity contribution in [3.05, 3.63) is 93.9 Å². The fourth-order valence-electron chi connectivity index (χ4n) is 5.80. The molecule has 2 unspecified atom stereocenters. The molecule has 2 atom stereocenters. The van der Waals surface area contributed by atoms with E-state index in [2.05, 4.69) is 86.4 Å². The van der Waals surface area contributed by atoms with Gasteiger partial charge >= 0.3 is 5.97 Å². The molecule has 9 nitrogen and oxygen atoms in total. The van der Waals surface area contributed by atoms with Gasteiger partial charge in [-0.2, -0.15) is 0 Å². The summed E-state index contributed by atoms with van der Waals surface area (Å²) in [6.45, 7) is 14.6. The highest BCUT2D eigenvalue weighted by atomic mass is 32.1. The van der Waals surface area contributed by atoms with Crippen molar-refractivity contribution < 1.29 is 19.5 Å². The SMILES string of the molecule is CC(C)(C)c1ccc(-c2cnc(-c3ccc(CC(NC(=O)c4ccc(C(C)(C)C)s4)C(=O)NC(CN4CCCC4)C(=O)O)cc3)nc2)cc1. The summed E-state index contributed by atoms with van der Waals surface area (Å²) >= 11 is 1.39. The normalized spacial score (nSPS) is 15.1. The molecule has 5 rings (SSSR count). The Bertz CT molecular complexity index is 1750. The zero-order chi connectivity index (χ0) is 35.3. The predicted molar refractivity (Wildman–Crippen MR) is 195 cm³/mol. The summed E-state index contributed by atoms with van der Waals surface area (Å²) in [5, 5.41) is 15.5. The first-order valence-corrected chi connectivity index (χ1v) is 17.7. The third kappa shape index (κ3) is 9.39. The van der Waals surface area contributed by atoms with Crippen LogP contribution in [-0.4, -0.2) is 69.5 Å². The van der Waals surface area contributed by atoms with Crippen LogP contribution in [0.1, 0.15) is 80.1 Å². The van der Waals surface area contributed by atoms with Gasteiger partial charge in [-0.3, -0.25) is 9.59 Å². The maximum absolute atomic E-state index is 13.6. The van der Waals surface area contributed by atoms with Crippen molar-refractivity contribution in [3.63, 3.8) is 0 Å². The van der Waals surface area contributed by atoms with Crippen LogP contribution in [0.4, 0.5) is 0 Å². The molecule has 1 fully saturated rings. The Kier molecular flexibility index (Phi) is 11.0. The molecule has 3 heterocycles. The van der Waals surface area contributed by atoms with Crippen LogP contribution in [0.3, 0.4) is 0 Å². The van der Waals surface area contributed by atoms with Gasteiger partial charge in [-0.1, -0.05) is 90.1 Å². The molecule has 4 aromatic rings. The van der Waals surface area contributed by atoms with Gasteiger partial charge in [0.25, 0.3) is 5.91 Å². The number of hydrogen-bond donors (Lipinski definition) is 3. The first-order chi connectivity index (χ1) is 23.2. The lowest BCUT2D eigenvalue weighted by Gasteiger charge is -2.24. The van der Waals surface area contributed by atoms with Crippen molar-refractivity contribution in [2.45, 2.75) is 83.7 Å². The molecule has 2 amide bonds. The van der Waals surface area contributed by atoms with Crippen LogP contribution in [0.15, 0.2) is 73.1 Å². The quantitative estimate of drug-likeness (QED) is 0.166. The Morgan fingerprint density at radius 2 is 1.39 bits per heavy atom. The van der Waals surface area contributed by atoms with Crippen LogP contribution >= 0.6 is 11.3 Å². The predicted octanol–water partition coefficient (Wildman–Crippen LogP) is 6.47. The average Bonchev–Trinajstić information content (AvgIpc) is 3.77. The number of hydrogen-bond acceptors (Lipinski definition) is 7. The smallest absolute Gasteiger partial charge is 0.327 e. The zero-order valence-corrected chi connectivity index (χ0v) is 30.1. The molecule has 0 spiro atoms. The Balaban J connectivity index is 1.31. The Morgan fingerprint density at radius 3 is 1.94 bits per heavy atom. The Hall–Kier alpha value is -4.41. The van der Waals surface area contributed by atoms with E-state index < -0.39 is 24.0 Å². The highest BCUT2D eigenvalue weighted by Gasteiger charge is 2.30. The summed E-state index contributed by atoms with van der Waals surface area (Å²) < 4.78 is 0. The summed E-state index contributed by atoms with van der Waals surface area (Å²) in [6, 6.07) is 17.6. The highest BCUT2D eigenvalue weighted by molar-refractivity contribution is 7.14. The van der Waals surface area contributed by atoms with E-state index in [1.165, 1.54) is 16.9 Å². The molecule has 258 valence electrons. The van der Waals surface area contributed by atoms with Crippen molar-refractivity contribution in [2.75, 3.05) is 19.6 Å². The molecule has 2 aromatic carbocycles. The zero-order valence-electron chi connectivity index (χ0n) is 29.2. The van der Waals surface area contributed by atoms with Crippen LogP contribution in [0.5, 0.6) is 0 Å². The molecular formula is C39H47N5O4S. The second-order valence-electron chi connectivity index (χ2n) is 14.9. The summed E-state index contributed by atoms with van der Waals surface area (Å²) in [5.74, 6) is -1.44. The van der Waals surface area contributed by atoms with Crippen LogP contribution in [0, 0.1) is 0 Å². The van der Waals surface area contributed by atoms with Crippen LogP contribution in [0.2, 0.25) is 0 Å². The molecule has 0 aliphatic carbocycles. The summed E-state index contributed by atoms with van der Waals surface area (Å²) in [6.07, 6.45) is 5.82. The first-order valence-electron chi connectivity index (χ1n) is 16.9.